The number of carbonyl (C=O) groups is 8. The van der Waals surface area contributed by atoms with Gasteiger partial charge in [-0.15, -0.1) is 45.3 Å². The molecule has 8 bridgehead atoms. The normalized spacial score (nSPS) is 15.8. The van der Waals surface area contributed by atoms with Crippen molar-refractivity contribution in [3.8, 4) is 32.7 Å². The number of carbonyl (C=O) groups excluding carboxylic acids is 8. The monoisotopic (exact) mass is 1240 g/mol. The Hall–Kier alpha value is -8.55. The minimum Gasteiger partial charge on any atom is -0.469 e. The molecular formula is C54H56N14O11S5. The molecule has 25 nitrogen and oxygen atoms in total. The van der Waals surface area contributed by atoms with Crippen molar-refractivity contribution in [1.82, 2.24) is 56.6 Å². The van der Waals surface area contributed by atoms with E-state index in [1.165, 1.54) is 50.9 Å². The highest BCUT2D eigenvalue weighted by atomic mass is 32.1. The topological polar surface area (TPSA) is 338 Å². The summed E-state index contributed by atoms with van der Waals surface area (Å²) >= 11 is 5.72. The number of unbranched alkanes of at least 4 members (excludes halogenated alkanes) is 1. The molecule has 30 heteroatoms. The lowest BCUT2D eigenvalue weighted by molar-refractivity contribution is -0.148. The van der Waals surface area contributed by atoms with Crippen LogP contribution in [0.5, 0.6) is 0 Å². The number of ether oxygens (including phenoxy) is 3. The minimum atomic E-state index is -1.11. The lowest BCUT2D eigenvalue weighted by Gasteiger charge is -2.28. The molecule has 438 valence electrons. The average Bonchev–Trinajstić information content (AvgIpc) is 3.94. The first-order chi connectivity index (χ1) is 40.4. The Bertz CT molecular complexity index is 3660. The second-order valence-electron chi connectivity index (χ2n) is 18.3. The number of benzene rings is 1. The number of aromatic nitrogens is 6. The van der Waals surface area contributed by atoms with Crippen LogP contribution >= 0.6 is 56.7 Å². The maximum atomic E-state index is 14.2. The second-order valence-corrected chi connectivity index (χ2v) is 23.2. The van der Waals surface area contributed by atoms with Gasteiger partial charge in [-0.3, -0.25) is 59.5 Å². The Labute approximate surface area is 500 Å². The number of fused-ring (bicyclic) bond motifs is 11. The van der Waals surface area contributed by atoms with Crippen LogP contribution in [0.1, 0.15) is 122 Å². The molecule has 7 heterocycles. The van der Waals surface area contributed by atoms with E-state index in [1.807, 2.05) is 0 Å². The fourth-order valence-electron chi connectivity index (χ4n) is 8.23. The molecule has 1 aromatic carbocycles. The van der Waals surface area contributed by atoms with Crippen LogP contribution in [0.25, 0.3) is 38.4 Å². The van der Waals surface area contributed by atoms with Crippen LogP contribution in [-0.2, 0) is 44.8 Å². The first kappa shape index (κ1) is 61.5. The van der Waals surface area contributed by atoms with Gasteiger partial charge in [-0.25, -0.2) is 29.9 Å². The Morgan fingerprint density at radius 3 is 2.24 bits per heavy atom. The maximum Gasteiger partial charge on any atom is 0.305 e. The summed E-state index contributed by atoms with van der Waals surface area (Å²) in [5.41, 5.74) is 8.18. The highest BCUT2D eigenvalue weighted by Crippen LogP contribution is 2.38. The first-order valence-corrected chi connectivity index (χ1v) is 30.0. The molecule has 0 aliphatic carbocycles. The summed E-state index contributed by atoms with van der Waals surface area (Å²) in [4.78, 5) is 140. The summed E-state index contributed by atoms with van der Waals surface area (Å²) in [7, 11) is 4.19. The Kier molecular flexibility index (Phi) is 21.0. The van der Waals surface area contributed by atoms with Crippen molar-refractivity contribution in [3.63, 3.8) is 0 Å². The number of hydrogen-bond acceptors (Lipinski definition) is 24. The SMILES string of the molecule is C/C=C1\N=C(C)[C@H]([C@@H](OC(C)=O)c2ccccc2)NC(=O)CNC(=O)c2nc(sc2COC)NC(=O)c2nc(sc2C)[C@H](CC(=O)NC)NC(=O)c2csc(n2)-c2ccc(-c3nc(NNC(=O)CCCCC(=O)OC)cs3)nc2-c2csc1n2. The number of anilines is 2. The van der Waals surface area contributed by atoms with E-state index in [0.29, 0.717) is 83.1 Å². The van der Waals surface area contributed by atoms with Crippen LogP contribution < -0.4 is 37.4 Å². The Morgan fingerprint density at radius 1 is 0.762 bits per heavy atom. The van der Waals surface area contributed by atoms with Gasteiger partial charge in [-0.1, -0.05) is 47.7 Å². The predicted octanol–water partition coefficient (Wildman–Crippen LogP) is 7.21. The molecule has 0 saturated carbocycles. The summed E-state index contributed by atoms with van der Waals surface area (Å²) in [6, 6.07) is 10.2. The van der Waals surface area contributed by atoms with E-state index in [2.05, 4.69) is 57.1 Å². The van der Waals surface area contributed by atoms with Gasteiger partial charge >= 0.3 is 11.9 Å². The summed E-state index contributed by atoms with van der Waals surface area (Å²) in [6.07, 6.45) is 1.72. The fourth-order valence-corrected chi connectivity index (χ4v) is 12.5. The number of pyridine rings is 1. The number of aliphatic imine (C=N–C) groups is 1. The molecule has 0 saturated heterocycles. The number of esters is 2. The van der Waals surface area contributed by atoms with Crippen molar-refractivity contribution in [2.75, 3.05) is 38.6 Å². The highest BCUT2D eigenvalue weighted by molar-refractivity contribution is 7.16. The standard InChI is InChI=1S/C54H56N14O11S5/c1-8-31-51-60-34(23-81-51)44-30(18-19-32(58-44)52-62-37(25-82-52)67-68-38(70)16-12-13-17-41(73)78-7)50-61-35(24-80-50)47(74)59-33(20-39(71)55-5)53-64-43(27(3)83-53)49(76)66-54-65-45(36(84-54)22-77-6)48(75)56-21-40(72)63-42(26(2)57-31)46(79-28(4)69)29-14-10-9-11-15-29/h8-11,14-15,18-19,23-25,33,42,46,67H,12-13,16-17,20-22H2,1-7H3,(H,55,71)(H,56,75)(H,59,74)(H,63,72)(H,68,70)(H,65,66,76)/b31-8-,57-26?/t33-,42+,46-/m0/s1. The van der Waals surface area contributed by atoms with Gasteiger partial charge in [0.1, 0.15) is 54.5 Å². The van der Waals surface area contributed by atoms with E-state index in [9.17, 15) is 38.4 Å². The number of allylic oxidation sites excluding steroid dienone is 1. The minimum absolute atomic E-state index is 0.00662. The molecule has 0 spiro atoms. The number of rotatable bonds is 15. The third-order valence-electron chi connectivity index (χ3n) is 12.3. The molecule has 1 aliphatic rings. The molecule has 7 aromatic rings. The van der Waals surface area contributed by atoms with Crippen LogP contribution in [0, 0.1) is 6.92 Å². The lowest BCUT2D eigenvalue weighted by Crippen LogP contribution is -2.48. The molecule has 0 unspecified atom stereocenters. The molecule has 3 atom stereocenters. The Morgan fingerprint density at radius 2 is 1.50 bits per heavy atom. The zero-order chi connectivity index (χ0) is 60.0. The van der Waals surface area contributed by atoms with E-state index in [1.54, 1.807) is 85.5 Å². The molecule has 6 aromatic heterocycles. The number of hydrogen-bond donors (Lipinski definition) is 7. The molecule has 0 radical (unpaired) electrons. The van der Waals surface area contributed by atoms with Gasteiger partial charge in [0.25, 0.3) is 17.7 Å². The average molecular weight is 1240 g/mol. The van der Waals surface area contributed by atoms with Crippen LogP contribution in [0.15, 0.2) is 69.7 Å². The van der Waals surface area contributed by atoms with E-state index < -0.39 is 60.2 Å². The van der Waals surface area contributed by atoms with Crippen LogP contribution in [0.3, 0.4) is 0 Å². The summed E-state index contributed by atoms with van der Waals surface area (Å²) in [5, 5.41) is 20.3. The smallest absolute Gasteiger partial charge is 0.305 e. The zero-order valence-corrected chi connectivity index (χ0v) is 50.3. The van der Waals surface area contributed by atoms with Crippen LogP contribution in [-0.4, -0.2) is 117 Å². The molecule has 6 amide bonds. The van der Waals surface area contributed by atoms with E-state index in [-0.39, 0.29) is 65.0 Å². The number of thiazole rings is 5. The second kappa shape index (κ2) is 28.6. The number of methoxy groups -OCH3 is 2. The van der Waals surface area contributed by atoms with Gasteiger partial charge in [0.15, 0.2) is 17.1 Å². The summed E-state index contributed by atoms with van der Waals surface area (Å²) in [5.74, 6) is -4.13. The van der Waals surface area contributed by atoms with Gasteiger partial charge < -0.3 is 35.5 Å². The van der Waals surface area contributed by atoms with Gasteiger partial charge in [-0.2, -0.15) is 0 Å². The fraction of sp³-hybridized carbons (Fsp3) is 0.315. The van der Waals surface area contributed by atoms with Gasteiger partial charge in [0, 0.05) is 66.2 Å². The van der Waals surface area contributed by atoms with Crippen molar-refractivity contribution >= 4 is 126 Å². The predicted molar refractivity (Wildman–Crippen MR) is 318 cm³/mol. The number of hydrazine groups is 1. The van der Waals surface area contributed by atoms with Crippen molar-refractivity contribution < 1.29 is 52.6 Å². The molecule has 8 rings (SSSR count). The molecule has 84 heavy (non-hydrogen) atoms. The quantitative estimate of drug-likeness (QED) is 0.0303. The maximum absolute atomic E-state index is 14.2. The third-order valence-corrected chi connectivity index (χ3v) is 17.0. The number of aryl methyl sites for hydroxylation is 1. The van der Waals surface area contributed by atoms with Gasteiger partial charge in [0.2, 0.25) is 17.7 Å². The largest absolute Gasteiger partial charge is 0.469 e. The van der Waals surface area contributed by atoms with Crippen LogP contribution in [0.4, 0.5) is 10.9 Å². The third kappa shape index (κ3) is 15.6. The Balaban J connectivity index is 1.20. The van der Waals surface area contributed by atoms with E-state index in [0.717, 1.165) is 34.0 Å². The van der Waals surface area contributed by atoms with Crippen LogP contribution in [0.2, 0.25) is 0 Å². The van der Waals surface area contributed by atoms with E-state index >= 15 is 0 Å². The van der Waals surface area contributed by atoms with Crippen molar-refractivity contribution in [2.24, 2.45) is 4.99 Å². The zero-order valence-electron chi connectivity index (χ0n) is 46.2. The molecule has 1 aliphatic heterocycles. The molecule has 0 fully saturated rings. The van der Waals surface area contributed by atoms with Gasteiger partial charge in [-0.05, 0) is 51.3 Å². The summed E-state index contributed by atoms with van der Waals surface area (Å²) < 4.78 is 15.9. The number of amides is 6. The molecule has 7 N–H and O–H groups in total. The van der Waals surface area contributed by atoms with Crippen molar-refractivity contribution in [1.29, 1.82) is 0 Å². The van der Waals surface area contributed by atoms with Crippen molar-refractivity contribution in [3.05, 3.63) is 107 Å². The summed E-state index contributed by atoms with van der Waals surface area (Å²) in [6.45, 7) is 5.68. The number of nitrogens with one attached hydrogen (secondary N) is 7. The highest BCUT2D eigenvalue weighted by Gasteiger charge is 2.33. The lowest BCUT2D eigenvalue weighted by atomic mass is 9.98. The first-order valence-electron chi connectivity index (χ1n) is 25.8. The number of nitrogens with zero attached hydrogens (tertiary/aromatic N) is 7. The van der Waals surface area contributed by atoms with Gasteiger partial charge in [0.05, 0.1) is 49.0 Å². The molecular weight excluding hydrogens is 1180 g/mol. The van der Waals surface area contributed by atoms with Crippen molar-refractivity contribution in [2.45, 2.75) is 84.6 Å². The van der Waals surface area contributed by atoms with E-state index in [4.69, 9.17) is 29.4 Å².